The van der Waals surface area contributed by atoms with Crippen LogP contribution in [0.5, 0.6) is 0 Å². The fraction of sp³-hybridized carbons (Fsp3) is 0.923. The summed E-state index contributed by atoms with van der Waals surface area (Å²) in [6.07, 6.45) is 1.25. The molecule has 0 aliphatic heterocycles. The second-order valence-corrected chi connectivity index (χ2v) is 5.54. The first kappa shape index (κ1) is 15.4. The van der Waals surface area contributed by atoms with Crippen LogP contribution in [0.15, 0.2) is 0 Å². The van der Waals surface area contributed by atoms with Gasteiger partial charge >= 0.3 is 5.97 Å². The zero-order chi connectivity index (χ0) is 12.9. The lowest BCUT2D eigenvalue weighted by molar-refractivity contribution is -0.157. The summed E-state index contributed by atoms with van der Waals surface area (Å²) < 4.78 is 4.72. The van der Waals surface area contributed by atoms with Crippen molar-refractivity contribution in [2.45, 2.75) is 53.1 Å². The van der Waals surface area contributed by atoms with Crippen LogP contribution in [0.1, 0.15) is 47.5 Å². The molecule has 0 amide bonds. The average Bonchev–Trinajstić information content (AvgIpc) is 2.12. The normalized spacial score (nSPS) is 14.3. The third kappa shape index (κ3) is 4.52. The molecule has 1 atom stereocenters. The first-order valence-electron chi connectivity index (χ1n) is 6.03. The van der Waals surface area contributed by atoms with E-state index in [9.17, 15) is 9.90 Å². The molecule has 0 aliphatic rings. The molecule has 0 aromatic rings. The molecule has 0 saturated carbocycles. The Bertz CT molecular complexity index is 211. The zero-order valence-electron chi connectivity index (χ0n) is 11.4. The number of carbonyl (C=O) groups is 1. The predicted molar refractivity (Wildman–Crippen MR) is 65.0 cm³/mol. The van der Waals surface area contributed by atoms with Gasteiger partial charge in [-0.1, -0.05) is 27.7 Å². The fourth-order valence-electron chi connectivity index (χ4n) is 2.25. The van der Waals surface area contributed by atoms with Crippen molar-refractivity contribution in [3.05, 3.63) is 0 Å². The van der Waals surface area contributed by atoms with Crippen LogP contribution in [0.2, 0.25) is 0 Å². The summed E-state index contributed by atoms with van der Waals surface area (Å²) in [4.78, 5) is 11.5. The third-order valence-electron chi connectivity index (χ3n) is 2.88. The molecular weight excluding hydrogens is 204 g/mol. The highest BCUT2D eigenvalue weighted by molar-refractivity contribution is 5.73. The number of aliphatic hydroxyl groups is 1. The Balaban J connectivity index is 4.82. The molecule has 0 aromatic carbocycles. The third-order valence-corrected chi connectivity index (χ3v) is 2.88. The summed E-state index contributed by atoms with van der Waals surface area (Å²) in [7, 11) is 1.37. The summed E-state index contributed by atoms with van der Waals surface area (Å²) in [6.45, 7) is 9.95. The van der Waals surface area contributed by atoms with Gasteiger partial charge in [-0.2, -0.15) is 0 Å². The van der Waals surface area contributed by atoms with Crippen LogP contribution >= 0.6 is 0 Å². The molecule has 3 nitrogen and oxygen atoms in total. The van der Waals surface area contributed by atoms with E-state index in [0.29, 0.717) is 24.7 Å². The Morgan fingerprint density at radius 1 is 1.12 bits per heavy atom. The second-order valence-electron chi connectivity index (χ2n) is 5.54. The molecule has 0 spiro atoms. The van der Waals surface area contributed by atoms with E-state index in [1.54, 1.807) is 6.92 Å². The molecule has 0 bridgehead atoms. The van der Waals surface area contributed by atoms with Gasteiger partial charge in [0.15, 0.2) is 0 Å². The number of hydrogen-bond acceptors (Lipinski definition) is 3. The van der Waals surface area contributed by atoms with Crippen LogP contribution in [-0.4, -0.2) is 23.8 Å². The quantitative estimate of drug-likeness (QED) is 0.713. The van der Waals surface area contributed by atoms with Crippen molar-refractivity contribution in [2.75, 3.05) is 7.11 Å². The van der Waals surface area contributed by atoms with Crippen molar-refractivity contribution >= 4 is 5.97 Å². The van der Waals surface area contributed by atoms with E-state index in [0.717, 1.165) is 0 Å². The highest BCUT2D eigenvalue weighted by atomic mass is 16.5. The van der Waals surface area contributed by atoms with Crippen molar-refractivity contribution in [1.82, 2.24) is 0 Å². The Kier molecular flexibility index (Phi) is 6.01. The lowest BCUT2D eigenvalue weighted by Gasteiger charge is -2.35. The maximum atomic E-state index is 11.5. The van der Waals surface area contributed by atoms with Gasteiger partial charge in [0.25, 0.3) is 0 Å². The number of ether oxygens (including phenoxy) is 1. The molecule has 0 aliphatic carbocycles. The lowest BCUT2D eigenvalue weighted by Crippen LogP contribution is -2.43. The van der Waals surface area contributed by atoms with Crippen molar-refractivity contribution in [2.24, 2.45) is 17.8 Å². The summed E-state index contributed by atoms with van der Waals surface area (Å²) in [6, 6.07) is 0. The maximum Gasteiger partial charge on any atom is 0.311 e. The molecule has 0 radical (unpaired) electrons. The number of hydrogen-bond donors (Lipinski definition) is 1. The minimum absolute atomic E-state index is 0.330. The van der Waals surface area contributed by atoms with E-state index in [4.69, 9.17) is 4.74 Å². The highest BCUT2D eigenvalue weighted by Crippen LogP contribution is 2.32. The SMILES string of the molecule is COC(=O)C(C)C(O)(CC(C)C)CC(C)C. The number of methoxy groups -OCH3 is 1. The molecule has 0 heterocycles. The van der Waals surface area contributed by atoms with Gasteiger partial charge in [0.05, 0.1) is 18.6 Å². The molecule has 1 unspecified atom stereocenters. The van der Waals surface area contributed by atoms with E-state index in [1.165, 1.54) is 7.11 Å². The molecule has 0 aromatic heterocycles. The van der Waals surface area contributed by atoms with Crippen LogP contribution in [0.4, 0.5) is 0 Å². The van der Waals surface area contributed by atoms with Gasteiger partial charge in [-0.05, 0) is 31.6 Å². The maximum absolute atomic E-state index is 11.5. The molecule has 0 rings (SSSR count). The smallest absolute Gasteiger partial charge is 0.311 e. The van der Waals surface area contributed by atoms with Gasteiger partial charge < -0.3 is 9.84 Å². The zero-order valence-corrected chi connectivity index (χ0v) is 11.4. The number of rotatable bonds is 6. The average molecular weight is 230 g/mol. The molecule has 0 fully saturated rings. The second kappa shape index (κ2) is 6.24. The Hall–Kier alpha value is -0.570. The molecule has 1 N–H and O–H groups in total. The van der Waals surface area contributed by atoms with Crippen LogP contribution in [0.25, 0.3) is 0 Å². The van der Waals surface area contributed by atoms with Gasteiger partial charge in [-0.3, -0.25) is 4.79 Å². The fourth-order valence-corrected chi connectivity index (χ4v) is 2.25. The standard InChI is InChI=1S/C13H26O3/c1-9(2)7-13(15,8-10(3)4)11(5)12(14)16-6/h9-11,15H,7-8H2,1-6H3. The van der Waals surface area contributed by atoms with Crippen molar-refractivity contribution < 1.29 is 14.6 Å². The van der Waals surface area contributed by atoms with E-state index in [1.807, 2.05) is 0 Å². The van der Waals surface area contributed by atoms with Gasteiger partial charge in [-0.25, -0.2) is 0 Å². The molecule has 16 heavy (non-hydrogen) atoms. The van der Waals surface area contributed by atoms with Crippen LogP contribution < -0.4 is 0 Å². The van der Waals surface area contributed by atoms with Crippen LogP contribution in [0.3, 0.4) is 0 Å². The van der Waals surface area contributed by atoms with Crippen LogP contribution in [-0.2, 0) is 9.53 Å². The number of esters is 1. The highest BCUT2D eigenvalue weighted by Gasteiger charge is 2.39. The summed E-state index contributed by atoms with van der Waals surface area (Å²) >= 11 is 0. The minimum Gasteiger partial charge on any atom is -0.469 e. The Morgan fingerprint density at radius 2 is 1.50 bits per heavy atom. The summed E-state index contributed by atoms with van der Waals surface area (Å²) in [5, 5.41) is 10.6. The first-order valence-corrected chi connectivity index (χ1v) is 6.03. The van der Waals surface area contributed by atoms with Gasteiger partial charge in [-0.15, -0.1) is 0 Å². The van der Waals surface area contributed by atoms with E-state index in [2.05, 4.69) is 27.7 Å². The van der Waals surface area contributed by atoms with E-state index < -0.39 is 11.5 Å². The van der Waals surface area contributed by atoms with Gasteiger partial charge in [0.1, 0.15) is 0 Å². The molecule has 0 saturated heterocycles. The van der Waals surface area contributed by atoms with E-state index in [-0.39, 0.29) is 5.97 Å². The van der Waals surface area contributed by atoms with Crippen molar-refractivity contribution in [1.29, 1.82) is 0 Å². The van der Waals surface area contributed by atoms with Crippen LogP contribution in [0, 0.1) is 17.8 Å². The summed E-state index contributed by atoms with van der Waals surface area (Å²) in [5.41, 5.74) is -0.949. The first-order chi connectivity index (χ1) is 7.23. The molecular formula is C13H26O3. The van der Waals surface area contributed by atoms with E-state index >= 15 is 0 Å². The summed E-state index contributed by atoms with van der Waals surface area (Å²) in [5.74, 6) is -0.0854. The predicted octanol–water partition coefficient (Wildman–Crippen LogP) is 2.62. The lowest BCUT2D eigenvalue weighted by atomic mass is 9.76. The molecule has 3 heteroatoms. The molecule has 96 valence electrons. The van der Waals surface area contributed by atoms with Gasteiger partial charge in [0.2, 0.25) is 0 Å². The van der Waals surface area contributed by atoms with Crippen molar-refractivity contribution in [3.63, 3.8) is 0 Å². The Labute approximate surface area is 99.2 Å². The Morgan fingerprint density at radius 3 is 1.75 bits per heavy atom. The van der Waals surface area contributed by atoms with Gasteiger partial charge in [0, 0.05) is 0 Å². The largest absolute Gasteiger partial charge is 0.469 e. The van der Waals surface area contributed by atoms with Crippen molar-refractivity contribution in [3.8, 4) is 0 Å². The monoisotopic (exact) mass is 230 g/mol. The minimum atomic E-state index is -0.949. The number of carbonyl (C=O) groups excluding carboxylic acids is 1. The topological polar surface area (TPSA) is 46.5 Å².